The van der Waals surface area contributed by atoms with Gasteiger partial charge in [0.1, 0.15) is 5.03 Å². The number of hydrogen-bond donors (Lipinski definition) is 0. The summed E-state index contributed by atoms with van der Waals surface area (Å²) in [5.41, 5.74) is 0. The first-order chi connectivity index (χ1) is 6.75. The lowest BCUT2D eigenvalue weighted by Gasteiger charge is -1.97. The molecule has 14 heavy (non-hydrogen) atoms. The summed E-state index contributed by atoms with van der Waals surface area (Å²) >= 11 is 12.0. The summed E-state index contributed by atoms with van der Waals surface area (Å²) < 4.78 is 1.57. The van der Waals surface area contributed by atoms with Crippen molar-refractivity contribution in [2.75, 3.05) is 0 Å². The van der Waals surface area contributed by atoms with Crippen LogP contribution in [0.1, 0.15) is 0 Å². The molecule has 0 saturated heterocycles. The normalized spacial score (nSPS) is 10.4. The maximum atomic E-state index is 5.94. The van der Waals surface area contributed by atoms with Crippen LogP contribution in [-0.2, 0) is 0 Å². The highest BCUT2D eigenvalue weighted by molar-refractivity contribution is 9.11. The molecule has 0 aromatic carbocycles. The van der Waals surface area contributed by atoms with E-state index in [4.69, 9.17) is 11.6 Å². The van der Waals surface area contributed by atoms with Crippen molar-refractivity contribution in [2.45, 2.75) is 9.37 Å². The van der Waals surface area contributed by atoms with E-state index in [1.54, 1.807) is 18.3 Å². The van der Waals surface area contributed by atoms with Crippen LogP contribution in [0.15, 0.2) is 31.6 Å². The summed E-state index contributed by atoms with van der Waals surface area (Å²) in [4.78, 5) is 4.14. The van der Waals surface area contributed by atoms with Gasteiger partial charge in [0.15, 0.2) is 8.26 Å². The molecule has 0 unspecified atom stereocenters. The largest absolute Gasteiger partial charge is 0.248 e. The van der Waals surface area contributed by atoms with E-state index < -0.39 is 0 Å². The van der Waals surface area contributed by atoms with Crippen molar-refractivity contribution in [1.29, 1.82) is 0 Å². The van der Waals surface area contributed by atoms with Crippen LogP contribution in [0, 0.1) is 0 Å². The number of halogens is 2. The summed E-state index contributed by atoms with van der Waals surface area (Å²) in [5, 5.41) is 9.15. The molecule has 2 rings (SSSR count). The lowest BCUT2D eigenvalue weighted by Crippen LogP contribution is -1.79. The van der Waals surface area contributed by atoms with Crippen LogP contribution in [-0.4, -0.2) is 15.2 Å². The van der Waals surface area contributed by atoms with E-state index in [1.807, 2.05) is 0 Å². The third-order valence-corrected chi connectivity index (χ3v) is 4.13. The first-order valence-electron chi connectivity index (χ1n) is 3.53. The molecule has 0 bridgehead atoms. The second-order valence-electron chi connectivity index (χ2n) is 2.21. The fourth-order valence-electron chi connectivity index (χ4n) is 0.763. The van der Waals surface area contributed by atoms with E-state index >= 15 is 0 Å². The lowest BCUT2D eigenvalue weighted by molar-refractivity contribution is 0.993. The predicted molar refractivity (Wildman–Crippen MR) is 61.0 cm³/mol. The third kappa shape index (κ3) is 2.44. The first kappa shape index (κ1) is 10.4. The lowest BCUT2D eigenvalue weighted by atomic mass is 10.5. The van der Waals surface area contributed by atoms with E-state index in [1.165, 1.54) is 23.1 Å². The van der Waals surface area contributed by atoms with E-state index in [-0.39, 0.29) is 0 Å². The number of rotatable bonds is 2. The fraction of sp³-hybridized carbons (Fsp3) is 0. The molecule has 0 amide bonds. The molecule has 72 valence electrons. The van der Waals surface area contributed by atoms with Crippen LogP contribution >= 0.6 is 50.6 Å². The van der Waals surface area contributed by atoms with Gasteiger partial charge in [0.2, 0.25) is 0 Å². The van der Waals surface area contributed by atoms with E-state index in [0.717, 1.165) is 13.3 Å². The Morgan fingerprint density at radius 3 is 2.93 bits per heavy atom. The Morgan fingerprint density at radius 2 is 2.29 bits per heavy atom. The molecular formula is C7H3BrClN3S2. The van der Waals surface area contributed by atoms with Gasteiger partial charge in [-0.25, -0.2) is 4.98 Å². The highest BCUT2D eigenvalue weighted by Crippen LogP contribution is 2.33. The molecule has 0 atom stereocenters. The Labute approximate surface area is 102 Å². The minimum Gasteiger partial charge on any atom is -0.248 e. The second-order valence-corrected chi connectivity index (χ2v) is 6.11. The van der Waals surface area contributed by atoms with Gasteiger partial charge in [-0.3, -0.25) is 0 Å². The Balaban J connectivity index is 2.23. The zero-order chi connectivity index (χ0) is 9.97. The monoisotopic (exact) mass is 307 g/mol. The fourth-order valence-corrected chi connectivity index (χ4v) is 3.34. The molecule has 0 radical (unpaired) electrons. The van der Waals surface area contributed by atoms with Crippen LogP contribution < -0.4 is 0 Å². The van der Waals surface area contributed by atoms with Gasteiger partial charge in [0.05, 0.1) is 5.02 Å². The van der Waals surface area contributed by atoms with Crippen molar-refractivity contribution in [3.05, 3.63) is 27.3 Å². The molecule has 0 saturated carbocycles. The zero-order valence-corrected chi connectivity index (χ0v) is 10.6. The topological polar surface area (TPSA) is 38.7 Å². The second kappa shape index (κ2) is 4.57. The van der Waals surface area contributed by atoms with E-state index in [9.17, 15) is 0 Å². The van der Waals surface area contributed by atoms with E-state index in [0.29, 0.717) is 5.02 Å². The smallest absolute Gasteiger partial charge is 0.184 e. The van der Waals surface area contributed by atoms with Gasteiger partial charge in [-0.05, 0) is 39.8 Å². The SMILES string of the molecule is Clc1cccnc1Sc1nnc(Br)s1. The number of hydrogen-bond acceptors (Lipinski definition) is 5. The molecule has 0 fully saturated rings. The molecule has 7 heteroatoms. The summed E-state index contributed by atoms with van der Waals surface area (Å²) in [6.07, 6.45) is 1.70. The van der Waals surface area contributed by atoms with Gasteiger partial charge >= 0.3 is 0 Å². The Morgan fingerprint density at radius 1 is 1.43 bits per heavy atom. The van der Waals surface area contributed by atoms with Crippen molar-refractivity contribution in [2.24, 2.45) is 0 Å². The van der Waals surface area contributed by atoms with Crippen molar-refractivity contribution >= 4 is 50.6 Å². The average Bonchev–Trinajstić information content (AvgIpc) is 2.56. The Bertz CT molecular complexity index is 448. The predicted octanol–water partition coefficient (Wildman–Crippen LogP) is 3.50. The first-order valence-corrected chi connectivity index (χ1v) is 6.33. The summed E-state index contributed by atoms with van der Waals surface area (Å²) in [6, 6.07) is 3.59. The zero-order valence-electron chi connectivity index (χ0n) is 6.65. The molecule has 0 aliphatic carbocycles. The highest BCUT2D eigenvalue weighted by atomic mass is 79.9. The van der Waals surface area contributed by atoms with Gasteiger partial charge in [-0.1, -0.05) is 22.9 Å². The van der Waals surface area contributed by atoms with Crippen LogP contribution in [0.4, 0.5) is 0 Å². The van der Waals surface area contributed by atoms with Gasteiger partial charge < -0.3 is 0 Å². The number of aromatic nitrogens is 3. The van der Waals surface area contributed by atoms with Crippen LogP contribution in [0.25, 0.3) is 0 Å². The average molecular weight is 309 g/mol. The van der Waals surface area contributed by atoms with Gasteiger partial charge in [-0.15, -0.1) is 10.2 Å². The molecule has 0 aliphatic heterocycles. The summed E-state index contributed by atoms with van der Waals surface area (Å²) in [5.74, 6) is 0. The van der Waals surface area contributed by atoms with Crippen molar-refractivity contribution < 1.29 is 0 Å². The maximum absolute atomic E-state index is 5.94. The van der Waals surface area contributed by atoms with E-state index in [2.05, 4.69) is 31.1 Å². The minimum absolute atomic E-state index is 0.629. The third-order valence-electron chi connectivity index (χ3n) is 1.29. The standard InChI is InChI=1S/C7H3BrClN3S2/c8-6-11-12-7(14-6)13-5-4(9)2-1-3-10-5/h1-3H. The molecule has 2 aromatic heterocycles. The quantitative estimate of drug-likeness (QED) is 0.851. The highest BCUT2D eigenvalue weighted by Gasteiger charge is 2.07. The summed E-state index contributed by atoms with van der Waals surface area (Å²) in [6.45, 7) is 0. The molecule has 3 nitrogen and oxygen atoms in total. The summed E-state index contributed by atoms with van der Waals surface area (Å²) in [7, 11) is 0. The molecule has 0 spiro atoms. The van der Waals surface area contributed by atoms with Crippen molar-refractivity contribution in [1.82, 2.24) is 15.2 Å². The minimum atomic E-state index is 0.629. The number of pyridine rings is 1. The molecule has 0 aliphatic rings. The van der Waals surface area contributed by atoms with Crippen molar-refractivity contribution in [3.63, 3.8) is 0 Å². The van der Waals surface area contributed by atoms with Gasteiger partial charge in [0.25, 0.3) is 0 Å². The van der Waals surface area contributed by atoms with Crippen LogP contribution in [0.2, 0.25) is 5.02 Å². The number of nitrogens with zero attached hydrogens (tertiary/aromatic N) is 3. The Hall–Kier alpha value is -0.170. The van der Waals surface area contributed by atoms with Crippen molar-refractivity contribution in [3.8, 4) is 0 Å². The molecular weight excluding hydrogens is 306 g/mol. The van der Waals surface area contributed by atoms with Gasteiger partial charge in [-0.2, -0.15) is 0 Å². The van der Waals surface area contributed by atoms with Crippen LogP contribution in [0.3, 0.4) is 0 Å². The molecule has 2 aromatic rings. The molecule has 2 heterocycles. The van der Waals surface area contributed by atoms with Gasteiger partial charge in [0, 0.05) is 6.20 Å². The maximum Gasteiger partial charge on any atom is 0.184 e. The molecule has 0 N–H and O–H groups in total. The Kier molecular flexibility index (Phi) is 3.38. The van der Waals surface area contributed by atoms with Crippen LogP contribution in [0.5, 0.6) is 0 Å².